The highest BCUT2D eigenvalue weighted by molar-refractivity contribution is 5.76. The number of nitrogens with zero attached hydrogens (tertiary/aromatic N) is 2. The standard InChI is InChI=1S/C26H28FN3O3.ClH/c1-29-22-10-8-19(14-23(22)30(2)26(29)31)17-33-24-11-9-18(15-25(24)32-3)16-28-13-12-20-6-4-5-7-21(20)27;/h4-11,14-15,28H,12-13,16-17H2,1-3H3;1H/p-1. The minimum Gasteiger partial charge on any atom is -1.00 e. The third-order valence-electron chi connectivity index (χ3n) is 5.82. The zero-order valence-corrected chi connectivity index (χ0v) is 20.2. The Morgan fingerprint density at radius 1 is 0.912 bits per heavy atom. The van der Waals surface area contributed by atoms with Gasteiger partial charge in [0.05, 0.1) is 18.1 Å². The SMILES string of the molecule is COc1cc(CNCCc2ccccc2F)ccc1OCc1ccc2c(c1)n(C)c(=O)n2C.[Cl-]. The summed E-state index contributed by atoms with van der Waals surface area (Å²) in [6.07, 6.45) is 0.627. The van der Waals surface area contributed by atoms with Crippen LogP contribution in [0.5, 0.6) is 11.5 Å². The number of hydrogen-bond acceptors (Lipinski definition) is 4. The summed E-state index contributed by atoms with van der Waals surface area (Å²) in [4.78, 5) is 12.1. The molecule has 0 fully saturated rings. The van der Waals surface area contributed by atoms with E-state index in [-0.39, 0.29) is 23.9 Å². The van der Waals surface area contributed by atoms with Gasteiger partial charge in [-0.25, -0.2) is 9.18 Å². The highest BCUT2D eigenvalue weighted by atomic mass is 35.5. The molecule has 180 valence electrons. The first kappa shape index (κ1) is 25.3. The zero-order valence-electron chi connectivity index (χ0n) is 19.5. The lowest BCUT2D eigenvalue weighted by molar-refractivity contribution is -0.00000797. The van der Waals surface area contributed by atoms with E-state index < -0.39 is 0 Å². The van der Waals surface area contributed by atoms with Crippen LogP contribution in [-0.2, 0) is 33.7 Å². The first-order chi connectivity index (χ1) is 16.0. The van der Waals surface area contributed by atoms with Crippen LogP contribution in [0.2, 0.25) is 0 Å². The van der Waals surface area contributed by atoms with Crippen LogP contribution in [0.1, 0.15) is 16.7 Å². The second-order valence-electron chi connectivity index (χ2n) is 8.02. The van der Waals surface area contributed by atoms with Gasteiger partial charge in [-0.05, 0) is 60.0 Å². The molecule has 0 spiro atoms. The van der Waals surface area contributed by atoms with Crippen molar-refractivity contribution in [1.82, 2.24) is 14.5 Å². The molecular formula is C26H28ClFN3O3-. The van der Waals surface area contributed by atoms with Crippen LogP contribution in [-0.4, -0.2) is 22.8 Å². The summed E-state index contributed by atoms with van der Waals surface area (Å²) in [5.41, 5.74) is 4.42. The molecular weight excluding hydrogens is 457 g/mol. The topological polar surface area (TPSA) is 57.4 Å². The normalized spacial score (nSPS) is 10.8. The van der Waals surface area contributed by atoms with Gasteiger partial charge in [0.2, 0.25) is 0 Å². The van der Waals surface area contributed by atoms with E-state index in [1.807, 2.05) is 42.5 Å². The largest absolute Gasteiger partial charge is 1.00 e. The lowest BCUT2D eigenvalue weighted by Crippen LogP contribution is -3.00. The number of halogens is 2. The lowest BCUT2D eigenvalue weighted by Gasteiger charge is -2.13. The van der Waals surface area contributed by atoms with Gasteiger partial charge in [-0.2, -0.15) is 0 Å². The first-order valence-corrected chi connectivity index (χ1v) is 10.9. The van der Waals surface area contributed by atoms with Gasteiger partial charge in [0, 0.05) is 20.6 Å². The van der Waals surface area contributed by atoms with Gasteiger partial charge in [-0.3, -0.25) is 9.13 Å². The summed E-state index contributed by atoms with van der Waals surface area (Å²) in [5.74, 6) is 1.13. The molecule has 0 atom stereocenters. The number of aromatic nitrogens is 2. The third-order valence-corrected chi connectivity index (χ3v) is 5.82. The molecule has 8 heteroatoms. The Kier molecular flexibility index (Phi) is 8.36. The predicted octanol–water partition coefficient (Wildman–Crippen LogP) is 0.940. The van der Waals surface area contributed by atoms with Gasteiger partial charge in [0.15, 0.2) is 11.5 Å². The van der Waals surface area contributed by atoms with Crippen LogP contribution >= 0.6 is 0 Å². The van der Waals surface area contributed by atoms with Crippen molar-refractivity contribution >= 4 is 11.0 Å². The van der Waals surface area contributed by atoms with Crippen LogP contribution < -0.4 is 32.9 Å². The van der Waals surface area contributed by atoms with Gasteiger partial charge in [0.1, 0.15) is 12.4 Å². The van der Waals surface area contributed by atoms with Crippen molar-refractivity contribution in [2.45, 2.75) is 19.6 Å². The molecule has 0 amide bonds. The molecule has 0 aliphatic rings. The van der Waals surface area contributed by atoms with Crippen molar-refractivity contribution in [2.24, 2.45) is 14.1 Å². The van der Waals surface area contributed by atoms with E-state index >= 15 is 0 Å². The summed E-state index contributed by atoms with van der Waals surface area (Å²) >= 11 is 0. The Morgan fingerprint density at radius 2 is 1.65 bits per heavy atom. The summed E-state index contributed by atoms with van der Waals surface area (Å²) in [6.45, 7) is 1.67. The number of methoxy groups -OCH3 is 1. The molecule has 1 N–H and O–H groups in total. The molecule has 0 unspecified atom stereocenters. The molecule has 6 nitrogen and oxygen atoms in total. The Hall–Kier alpha value is -3.29. The van der Waals surface area contributed by atoms with E-state index in [1.54, 1.807) is 42.5 Å². The number of fused-ring (bicyclic) bond motifs is 1. The summed E-state index contributed by atoms with van der Waals surface area (Å²) in [6, 6.07) is 18.5. The molecule has 0 saturated carbocycles. The second-order valence-corrected chi connectivity index (χ2v) is 8.02. The lowest BCUT2D eigenvalue weighted by atomic mass is 10.1. The van der Waals surface area contributed by atoms with Crippen LogP contribution in [0.4, 0.5) is 4.39 Å². The summed E-state index contributed by atoms with van der Waals surface area (Å²) < 4.78 is 28.5. The fourth-order valence-electron chi connectivity index (χ4n) is 3.90. The van der Waals surface area contributed by atoms with Crippen LogP contribution in [0.25, 0.3) is 11.0 Å². The zero-order chi connectivity index (χ0) is 23.4. The average molecular weight is 485 g/mol. The highest BCUT2D eigenvalue weighted by Crippen LogP contribution is 2.29. The summed E-state index contributed by atoms with van der Waals surface area (Å²) in [5, 5.41) is 3.34. The molecule has 4 aromatic rings. The number of imidazole rings is 1. The van der Waals surface area contributed by atoms with Gasteiger partial charge in [-0.1, -0.05) is 30.3 Å². The van der Waals surface area contributed by atoms with E-state index in [0.29, 0.717) is 43.2 Å². The average Bonchev–Trinajstić information content (AvgIpc) is 3.05. The van der Waals surface area contributed by atoms with E-state index in [2.05, 4.69) is 5.32 Å². The minimum atomic E-state index is -0.170. The Morgan fingerprint density at radius 3 is 2.41 bits per heavy atom. The fourth-order valence-corrected chi connectivity index (χ4v) is 3.90. The molecule has 0 aliphatic carbocycles. The Balaban J connectivity index is 0.00000324. The molecule has 1 aromatic heterocycles. The van der Waals surface area contributed by atoms with E-state index in [1.165, 1.54) is 6.07 Å². The predicted molar refractivity (Wildman–Crippen MR) is 127 cm³/mol. The van der Waals surface area contributed by atoms with Crippen molar-refractivity contribution in [3.8, 4) is 11.5 Å². The number of aryl methyl sites for hydroxylation is 2. The molecule has 0 aliphatic heterocycles. The van der Waals surface area contributed by atoms with Crippen molar-refractivity contribution < 1.29 is 26.3 Å². The molecule has 0 bridgehead atoms. The van der Waals surface area contributed by atoms with E-state index in [4.69, 9.17) is 9.47 Å². The fraction of sp³-hybridized carbons (Fsp3) is 0.269. The number of rotatable bonds is 9. The maximum absolute atomic E-state index is 13.7. The van der Waals surface area contributed by atoms with Crippen LogP contribution in [0.3, 0.4) is 0 Å². The first-order valence-electron chi connectivity index (χ1n) is 10.9. The van der Waals surface area contributed by atoms with Crippen LogP contribution in [0.15, 0.2) is 65.5 Å². The minimum absolute atomic E-state index is 0. The van der Waals surface area contributed by atoms with Gasteiger partial charge < -0.3 is 27.2 Å². The molecule has 3 aromatic carbocycles. The maximum Gasteiger partial charge on any atom is 0.328 e. The Labute approximate surface area is 204 Å². The van der Waals surface area contributed by atoms with Gasteiger partial charge >= 0.3 is 5.69 Å². The number of ether oxygens (including phenoxy) is 2. The number of benzene rings is 3. The molecule has 1 heterocycles. The highest BCUT2D eigenvalue weighted by Gasteiger charge is 2.10. The monoisotopic (exact) mass is 484 g/mol. The maximum atomic E-state index is 13.7. The van der Waals surface area contributed by atoms with Crippen LogP contribution in [0, 0.1) is 5.82 Å². The van der Waals surface area contributed by atoms with Crippen molar-refractivity contribution in [2.75, 3.05) is 13.7 Å². The molecule has 0 saturated heterocycles. The number of hydrogen-bond donors (Lipinski definition) is 1. The molecule has 34 heavy (non-hydrogen) atoms. The van der Waals surface area contributed by atoms with Crippen molar-refractivity contribution in [1.29, 1.82) is 0 Å². The summed E-state index contributed by atoms with van der Waals surface area (Å²) in [7, 11) is 5.15. The molecule has 0 radical (unpaired) electrons. The quantitative estimate of drug-likeness (QED) is 0.359. The smallest absolute Gasteiger partial charge is 0.328 e. The van der Waals surface area contributed by atoms with E-state index in [0.717, 1.165) is 22.2 Å². The Bertz CT molecular complexity index is 1330. The van der Waals surface area contributed by atoms with E-state index in [9.17, 15) is 9.18 Å². The molecule has 4 rings (SSSR count). The van der Waals surface area contributed by atoms with Crippen molar-refractivity contribution in [3.05, 3.63) is 93.7 Å². The van der Waals surface area contributed by atoms with Gasteiger partial charge in [0.25, 0.3) is 0 Å². The second kappa shape index (κ2) is 11.2. The third kappa shape index (κ3) is 5.43. The van der Waals surface area contributed by atoms with Crippen molar-refractivity contribution in [3.63, 3.8) is 0 Å². The number of nitrogens with one attached hydrogen (secondary N) is 1. The van der Waals surface area contributed by atoms with Gasteiger partial charge in [-0.15, -0.1) is 0 Å².